The van der Waals surface area contributed by atoms with E-state index < -0.39 is 6.10 Å². The average Bonchev–Trinajstić information content (AvgIpc) is 3.17. The number of rotatable bonds is 5. The van der Waals surface area contributed by atoms with Gasteiger partial charge in [0.25, 0.3) is 0 Å². The summed E-state index contributed by atoms with van der Waals surface area (Å²) < 4.78 is 0. The normalized spacial score (nSPS) is 13.9. The standard InChI is InChI=1S/C22H20N4O/c1-16(22(27)18-7-3-2-4-8-18)23-15-17-11-13-19(14-12-17)26-24-20-9-5-6-10-21(20)25-26/h2-16,22,27H,1H3/t16-,22-/m0/s1. The number of fused-ring (bicyclic) bond motifs is 1. The van der Waals surface area contributed by atoms with Crippen LogP contribution in [0, 0.1) is 0 Å². The Kier molecular flexibility index (Phi) is 4.77. The highest BCUT2D eigenvalue weighted by atomic mass is 16.3. The molecule has 0 amide bonds. The SMILES string of the molecule is C[C@H](N=Cc1ccc(-n2nc3ccccc3n2)cc1)[C@H](O)c1ccccc1. The molecule has 0 saturated heterocycles. The summed E-state index contributed by atoms with van der Waals surface area (Å²) in [7, 11) is 0. The molecule has 0 saturated carbocycles. The van der Waals surface area contributed by atoms with Gasteiger partial charge in [0, 0.05) is 6.21 Å². The van der Waals surface area contributed by atoms with Crippen molar-refractivity contribution in [1.82, 2.24) is 15.0 Å². The van der Waals surface area contributed by atoms with Gasteiger partial charge in [-0.1, -0.05) is 54.6 Å². The average molecular weight is 356 g/mol. The molecule has 27 heavy (non-hydrogen) atoms. The number of aliphatic hydroxyl groups excluding tert-OH is 1. The van der Waals surface area contributed by atoms with E-state index >= 15 is 0 Å². The maximum absolute atomic E-state index is 10.4. The van der Waals surface area contributed by atoms with Gasteiger partial charge in [0.15, 0.2) is 0 Å². The molecule has 0 aliphatic rings. The Hall–Kier alpha value is -3.31. The van der Waals surface area contributed by atoms with E-state index in [-0.39, 0.29) is 6.04 Å². The maximum Gasteiger partial charge on any atom is 0.113 e. The van der Waals surface area contributed by atoms with Gasteiger partial charge in [0.2, 0.25) is 0 Å². The Morgan fingerprint density at radius 1 is 0.852 bits per heavy atom. The Balaban J connectivity index is 1.48. The summed E-state index contributed by atoms with van der Waals surface area (Å²) in [6, 6.07) is 25.0. The molecule has 0 fully saturated rings. The van der Waals surface area contributed by atoms with Crippen LogP contribution in [0.25, 0.3) is 16.7 Å². The number of benzene rings is 3. The molecule has 0 bridgehead atoms. The first-order valence-corrected chi connectivity index (χ1v) is 8.89. The van der Waals surface area contributed by atoms with Gasteiger partial charge in [0.05, 0.1) is 11.7 Å². The Labute approximate surface area is 157 Å². The summed E-state index contributed by atoms with van der Waals surface area (Å²) in [5.74, 6) is 0. The highest BCUT2D eigenvalue weighted by molar-refractivity contribution is 5.80. The Bertz CT molecular complexity index is 1020. The second-order valence-electron chi connectivity index (χ2n) is 6.44. The van der Waals surface area contributed by atoms with Crippen LogP contribution in [0.4, 0.5) is 0 Å². The molecule has 0 radical (unpaired) electrons. The molecule has 0 aliphatic heterocycles. The predicted molar refractivity (Wildman–Crippen MR) is 107 cm³/mol. The molecule has 3 aromatic carbocycles. The first-order chi connectivity index (χ1) is 13.2. The van der Waals surface area contributed by atoms with Crippen molar-refractivity contribution in [3.8, 4) is 5.69 Å². The van der Waals surface area contributed by atoms with Crippen LogP contribution in [-0.4, -0.2) is 32.4 Å². The molecule has 1 N–H and O–H groups in total. The highest BCUT2D eigenvalue weighted by Gasteiger charge is 2.14. The van der Waals surface area contributed by atoms with Gasteiger partial charge in [-0.25, -0.2) is 0 Å². The molecule has 1 heterocycles. The van der Waals surface area contributed by atoms with Crippen LogP contribution < -0.4 is 0 Å². The van der Waals surface area contributed by atoms with Gasteiger partial charge in [-0.3, -0.25) is 4.99 Å². The van der Waals surface area contributed by atoms with Crippen molar-refractivity contribution in [2.24, 2.45) is 4.99 Å². The lowest BCUT2D eigenvalue weighted by atomic mass is 10.0. The van der Waals surface area contributed by atoms with Crippen LogP contribution in [0.3, 0.4) is 0 Å². The zero-order chi connectivity index (χ0) is 18.6. The van der Waals surface area contributed by atoms with Crippen molar-refractivity contribution < 1.29 is 5.11 Å². The molecule has 1 aromatic heterocycles. The van der Waals surface area contributed by atoms with Crippen molar-refractivity contribution in [3.63, 3.8) is 0 Å². The third-order valence-corrected chi connectivity index (χ3v) is 4.47. The summed E-state index contributed by atoms with van der Waals surface area (Å²) in [6.07, 6.45) is 1.16. The van der Waals surface area contributed by atoms with Crippen molar-refractivity contribution in [3.05, 3.63) is 90.0 Å². The van der Waals surface area contributed by atoms with Gasteiger partial charge in [0.1, 0.15) is 17.1 Å². The largest absolute Gasteiger partial charge is 0.386 e. The molecule has 0 spiro atoms. The zero-order valence-corrected chi connectivity index (χ0v) is 15.0. The molecule has 4 rings (SSSR count). The maximum atomic E-state index is 10.4. The fraction of sp³-hybridized carbons (Fsp3) is 0.136. The van der Waals surface area contributed by atoms with E-state index in [2.05, 4.69) is 15.2 Å². The predicted octanol–water partition coefficient (Wildman–Crippen LogP) is 3.96. The number of aliphatic imine (C=N–C) groups is 1. The second kappa shape index (κ2) is 7.51. The lowest BCUT2D eigenvalue weighted by Crippen LogP contribution is -2.12. The number of aromatic nitrogens is 3. The van der Waals surface area contributed by atoms with E-state index in [1.54, 1.807) is 11.0 Å². The van der Waals surface area contributed by atoms with Gasteiger partial charge in [-0.05, 0) is 42.3 Å². The van der Waals surface area contributed by atoms with Crippen LogP contribution in [0.5, 0.6) is 0 Å². The van der Waals surface area contributed by atoms with Gasteiger partial charge >= 0.3 is 0 Å². The first-order valence-electron chi connectivity index (χ1n) is 8.89. The number of aliphatic hydroxyl groups is 1. The number of nitrogens with zero attached hydrogens (tertiary/aromatic N) is 4. The van der Waals surface area contributed by atoms with E-state index in [9.17, 15) is 5.11 Å². The van der Waals surface area contributed by atoms with Crippen LogP contribution >= 0.6 is 0 Å². The van der Waals surface area contributed by atoms with E-state index in [4.69, 9.17) is 0 Å². The molecular formula is C22H20N4O. The summed E-state index contributed by atoms with van der Waals surface area (Å²) in [4.78, 5) is 6.13. The van der Waals surface area contributed by atoms with Gasteiger partial charge in [-0.2, -0.15) is 4.80 Å². The summed E-state index contributed by atoms with van der Waals surface area (Å²) in [5, 5.41) is 19.4. The van der Waals surface area contributed by atoms with E-state index in [1.165, 1.54) is 0 Å². The quantitative estimate of drug-likeness (QED) is 0.551. The topological polar surface area (TPSA) is 63.3 Å². The highest BCUT2D eigenvalue weighted by Crippen LogP contribution is 2.18. The summed E-state index contributed by atoms with van der Waals surface area (Å²) in [5.41, 5.74) is 4.45. The summed E-state index contributed by atoms with van der Waals surface area (Å²) >= 11 is 0. The van der Waals surface area contributed by atoms with Crippen molar-refractivity contribution in [1.29, 1.82) is 0 Å². The first kappa shape index (κ1) is 17.1. The van der Waals surface area contributed by atoms with E-state index in [0.717, 1.165) is 27.8 Å². The van der Waals surface area contributed by atoms with Crippen molar-refractivity contribution in [2.75, 3.05) is 0 Å². The second-order valence-corrected chi connectivity index (χ2v) is 6.44. The van der Waals surface area contributed by atoms with Crippen LogP contribution in [0.1, 0.15) is 24.2 Å². The van der Waals surface area contributed by atoms with Crippen molar-refractivity contribution >= 4 is 17.2 Å². The van der Waals surface area contributed by atoms with E-state index in [1.807, 2.05) is 85.8 Å². The molecule has 4 aromatic rings. The third-order valence-electron chi connectivity index (χ3n) is 4.47. The van der Waals surface area contributed by atoms with Crippen LogP contribution in [0.2, 0.25) is 0 Å². The molecule has 2 atom stereocenters. The van der Waals surface area contributed by atoms with E-state index in [0.29, 0.717) is 0 Å². The molecule has 5 heteroatoms. The monoisotopic (exact) mass is 356 g/mol. The molecule has 134 valence electrons. The van der Waals surface area contributed by atoms with Gasteiger partial charge in [-0.15, -0.1) is 10.2 Å². The Morgan fingerprint density at radius 3 is 2.07 bits per heavy atom. The zero-order valence-electron chi connectivity index (χ0n) is 15.0. The fourth-order valence-electron chi connectivity index (χ4n) is 2.88. The minimum Gasteiger partial charge on any atom is -0.386 e. The van der Waals surface area contributed by atoms with Crippen LogP contribution in [0.15, 0.2) is 83.9 Å². The summed E-state index contributed by atoms with van der Waals surface area (Å²) in [6.45, 7) is 1.90. The molecule has 0 aliphatic carbocycles. The number of hydrogen-bond donors (Lipinski definition) is 1. The minimum absolute atomic E-state index is 0.231. The number of hydrogen-bond acceptors (Lipinski definition) is 4. The lowest BCUT2D eigenvalue weighted by Gasteiger charge is -2.15. The third kappa shape index (κ3) is 3.78. The smallest absolute Gasteiger partial charge is 0.113 e. The lowest BCUT2D eigenvalue weighted by molar-refractivity contribution is 0.154. The van der Waals surface area contributed by atoms with Crippen molar-refractivity contribution in [2.45, 2.75) is 19.1 Å². The molecular weight excluding hydrogens is 336 g/mol. The molecule has 0 unspecified atom stereocenters. The minimum atomic E-state index is -0.623. The molecule has 5 nitrogen and oxygen atoms in total. The fourth-order valence-corrected chi connectivity index (χ4v) is 2.88. The van der Waals surface area contributed by atoms with Gasteiger partial charge < -0.3 is 5.11 Å². The Morgan fingerprint density at radius 2 is 1.44 bits per heavy atom. The van der Waals surface area contributed by atoms with Crippen LogP contribution in [-0.2, 0) is 0 Å².